The van der Waals surface area contributed by atoms with E-state index in [0.717, 1.165) is 12.1 Å². The van der Waals surface area contributed by atoms with E-state index in [2.05, 4.69) is 15.4 Å². The van der Waals surface area contributed by atoms with Crippen LogP contribution in [0.15, 0.2) is 29.3 Å². The average molecular weight is 381 g/mol. The van der Waals surface area contributed by atoms with Gasteiger partial charge in [0.25, 0.3) is 5.91 Å². The summed E-state index contributed by atoms with van der Waals surface area (Å²) in [5.74, 6) is -2.12. The topological polar surface area (TPSA) is 99.0 Å². The molecule has 1 N–H and O–H groups in total. The van der Waals surface area contributed by atoms with E-state index in [1.807, 2.05) is 0 Å². The lowest BCUT2D eigenvalue weighted by molar-refractivity contribution is 0.0779. The summed E-state index contributed by atoms with van der Waals surface area (Å²) in [5, 5.41) is 9.76. The Kier molecular flexibility index (Phi) is 3.09. The predicted molar refractivity (Wildman–Crippen MR) is 82.2 cm³/mol. The van der Waals surface area contributed by atoms with Gasteiger partial charge >= 0.3 is 0 Å². The molecule has 5 atom stereocenters. The fourth-order valence-electron chi connectivity index (χ4n) is 4.31. The highest BCUT2D eigenvalue weighted by Crippen LogP contribution is 2.60. The molecule has 3 unspecified atom stereocenters. The van der Waals surface area contributed by atoms with E-state index in [9.17, 15) is 22.0 Å². The standard InChI is InChI=1S/C15H13F2N5O3S/c16-7-1-2-12(10(17)3-7)26(24,25)22-13-8-5-21(6-9(8)14(13)22)15(23)11-4-18-20-19-11/h1-4,8-9,13-14H,5-6H2,(H,18,19,20)/t8-,9+,13?,14?,22?. The summed E-state index contributed by atoms with van der Waals surface area (Å²) in [6.07, 6.45) is 1.34. The van der Waals surface area contributed by atoms with E-state index in [0.29, 0.717) is 19.2 Å². The molecule has 1 aromatic carbocycles. The van der Waals surface area contributed by atoms with Crippen molar-refractivity contribution < 1.29 is 22.0 Å². The lowest BCUT2D eigenvalue weighted by atomic mass is 9.77. The minimum atomic E-state index is -4.01. The number of hydrogen-bond donors (Lipinski definition) is 1. The number of benzene rings is 1. The SMILES string of the molecule is O=C(c1cn[nH]n1)N1C[C@@H]2C3C([C@@H]2C1)N3S(=O)(=O)c1ccc(F)cc1F. The van der Waals surface area contributed by atoms with Crippen molar-refractivity contribution >= 4 is 15.9 Å². The summed E-state index contributed by atoms with van der Waals surface area (Å²) in [4.78, 5) is 13.4. The van der Waals surface area contributed by atoms with Gasteiger partial charge in [-0.1, -0.05) is 0 Å². The quantitative estimate of drug-likeness (QED) is 0.768. The monoisotopic (exact) mass is 381 g/mol. The fraction of sp³-hybridized carbons (Fsp3) is 0.400. The van der Waals surface area contributed by atoms with Crippen molar-refractivity contribution in [3.63, 3.8) is 0 Å². The van der Waals surface area contributed by atoms with Crippen LogP contribution in [0.25, 0.3) is 0 Å². The number of sulfonamides is 1. The number of aromatic nitrogens is 3. The Morgan fingerprint density at radius 2 is 1.88 bits per heavy atom. The molecule has 8 nitrogen and oxygen atoms in total. The Bertz CT molecular complexity index is 994. The third kappa shape index (κ3) is 2.01. The van der Waals surface area contributed by atoms with Gasteiger partial charge in [-0.2, -0.15) is 19.7 Å². The zero-order chi connectivity index (χ0) is 18.2. The Labute approximate surface area is 146 Å². The summed E-state index contributed by atoms with van der Waals surface area (Å²) in [6.45, 7) is 0.852. The first kappa shape index (κ1) is 15.8. The Balaban J connectivity index is 1.33. The zero-order valence-electron chi connectivity index (χ0n) is 13.2. The second kappa shape index (κ2) is 5.07. The maximum absolute atomic E-state index is 13.9. The highest BCUT2D eigenvalue weighted by molar-refractivity contribution is 7.89. The van der Waals surface area contributed by atoms with Crippen LogP contribution in [0.4, 0.5) is 8.78 Å². The number of amides is 1. The van der Waals surface area contributed by atoms with Gasteiger partial charge < -0.3 is 4.90 Å². The number of likely N-dealkylation sites (tertiary alicyclic amines) is 1. The number of carbonyl (C=O) groups excluding carboxylic acids is 1. The molecule has 5 rings (SSSR count). The number of hydrogen-bond acceptors (Lipinski definition) is 5. The molecule has 136 valence electrons. The third-order valence-electron chi connectivity index (χ3n) is 5.51. The lowest BCUT2D eigenvalue weighted by Crippen LogP contribution is -2.34. The van der Waals surface area contributed by atoms with Gasteiger partial charge in [0.2, 0.25) is 10.0 Å². The average Bonchev–Trinajstić information content (AvgIpc) is 2.92. The second-order valence-corrected chi connectivity index (χ2v) is 8.60. The van der Waals surface area contributed by atoms with Crippen molar-refractivity contribution in [1.82, 2.24) is 24.6 Å². The van der Waals surface area contributed by atoms with E-state index in [-0.39, 0.29) is 35.5 Å². The number of fused-ring (bicyclic) bond motifs is 4. The van der Waals surface area contributed by atoms with Crippen molar-refractivity contribution in [2.75, 3.05) is 13.1 Å². The maximum Gasteiger partial charge on any atom is 0.276 e. The molecule has 2 aliphatic heterocycles. The summed E-state index contributed by atoms with van der Waals surface area (Å²) in [6, 6.07) is 1.99. The first-order valence-electron chi connectivity index (χ1n) is 8.03. The molecule has 0 spiro atoms. The molecule has 3 heterocycles. The van der Waals surface area contributed by atoms with Gasteiger partial charge in [-0.05, 0) is 12.1 Å². The summed E-state index contributed by atoms with van der Waals surface area (Å²) >= 11 is 0. The second-order valence-electron chi connectivity index (χ2n) is 6.78. The molecule has 0 bridgehead atoms. The molecule has 0 radical (unpaired) electrons. The number of aromatic amines is 1. The molecular formula is C15H13F2N5O3S. The van der Waals surface area contributed by atoms with Crippen molar-refractivity contribution in [2.24, 2.45) is 11.8 Å². The zero-order valence-corrected chi connectivity index (χ0v) is 14.0. The van der Waals surface area contributed by atoms with Gasteiger partial charge in [0, 0.05) is 43.1 Å². The molecule has 11 heteroatoms. The fourth-order valence-corrected chi connectivity index (χ4v) is 6.23. The van der Waals surface area contributed by atoms with Gasteiger partial charge in [0.05, 0.1) is 6.20 Å². The largest absolute Gasteiger partial charge is 0.336 e. The minimum Gasteiger partial charge on any atom is -0.336 e. The summed E-state index contributed by atoms with van der Waals surface area (Å²) in [7, 11) is -4.01. The third-order valence-corrected chi connectivity index (χ3v) is 7.44. The van der Waals surface area contributed by atoms with E-state index in [1.165, 1.54) is 10.5 Å². The molecule has 1 aromatic heterocycles. The van der Waals surface area contributed by atoms with E-state index >= 15 is 0 Å². The van der Waals surface area contributed by atoms with E-state index in [4.69, 9.17) is 0 Å². The molecule has 26 heavy (non-hydrogen) atoms. The highest BCUT2D eigenvalue weighted by atomic mass is 32.2. The number of carbonyl (C=O) groups is 1. The molecule has 3 fully saturated rings. The van der Waals surface area contributed by atoms with E-state index in [1.54, 1.807) is 4.90 Å². The molecule has 2 saturated heterocycles. The smallest absolute Gasteiger partial charge is 0.276 e. The highest BCUT2D eigenvalue weighted by Gasteiger charge is 2.74. The molecule has 2 aromatic rings. The number of H-pyrrole nitrogens is 1. The van der Waals surface area contributed by atoms with Crippen LogP contribution in [-0.2, 0) is 10.0 Å². The van der Waals surface area contributed by atoms with Crippen molar-refractivity contribution in [2.45, 2.75) is 17.0 Å². The summed E-state index contributed by atoms with van der Waals surface area (Å²) in [5.41, 5.74) is 0.220. The molecule has 1 saturated carbocycles. The molecule has 1 amide bonds. The van der Waals surface area contributed by atoms with E-state index < -0.39 is 26.6 Å². The lowest BCUT2D eigenvalue weighted by Gasteiger charge is -2.23. The van der Waals surface area contributed by atoms with Crippen LogP contribution < -0.4 is 0 Å². The van der Waals surface area contributed by atoms with Gasteiger partial charge in [0.1, 0.15) is 16.5 Å². The van der Waals surface area contributed by atoms with Gasteiger partial charge in [-0.3, -0.25) is 4.79 Å². The van der Waals surface area contributed by atoms with Crippen LogP contribution in [-0.4, -0.2) is 64.1 Å². The first-order valence-corrected chi connectivity index (χ1v) is 9.47. The van der Waals surface area contributed by atoms with Gasteiger partial charge in [-0.25, -0.2) is 17.2 Å². The normalized spacial score (nSPS) is 31.9. The first-order chi connectivity index (χ1) is 12.4. The van der Waals surface area contributed by atoms with Crippen molar-refractivity contribution in [3.05, 3.63) is 41.7 Å². The van der Waals surface area contributed by atoms with Crippen LogP contribution in [0.2, 0.25) is 0 Å². The Hall–Kier alpha value is -2.40. The predicted octanol–water partition coefficient (Wildman–Crippen LogP) is 0.226. The Morgan fingerprint density at radius 3 is 2.46 bits per heavy atom. The number of halogens is 2. The minimum absolute atomic E-state index is 0.0223. The summed E-state index contributed by atoms with van der Waals surface area (Å²) < 4.78 is 53.6. The molecule has 3 aliphatic rings. The number of rotatable bonds is 3. The van der Waals surface area contributed by atoms with Crippen LogP contribution in [0.5, 0.6) is 0 Å². The van der Waals surface area contributed by atoms with Crippen LogP contribution in [0, 0.1) is 23.5 Å². The number of nitrogens with one attached hydrogen (secondary N) is 1. The van der Waals surface area contributed by atoms with Crippen molar-refractivity contribution in [3.8, 4) is 0 Å². The molecular weight excluding hydrogens is 368 g/mol. The van der Waals surface area contributed by atoms with Crippen LogP contribution in [0.3, 0.4) is 0 Å². The van der Waals surface area contributed by atoms with Crippen LogP contribution >= 0.6 is 0 Å². The van der Waals surface area contributed by atoms with Crippen molar-refractivity contribution in [1.29, 1.82) is 0 Å². The van der Waals surface area contributed by atoms with Crippen LogP contribution in [0.1, 0.15) is 10.5 Å². The van der Waals surface area contributed by atoms with Gasteiger partial charge in [0.15, 0.2) is 5.69 Å². The van der Waals surface area contributed by atoms with Gasteiger partial charge in [-0.15, -0.1) is 0 Å². The molecule has 1 aliphatic carbocycles. The maximum atomic E-state index is 13.9. The number of nitrogens with zero attached hydrogens (tertiary/aromatic N) is 4. The Morgan fingerprint density at radius 1 is 1.19 bits per heavy atom.